The van der Waals surface area contributed by atoms with Gasteiger partial charge in [-0.15, -0.1) is 0 Å². The van der Waals surface area contributed by atoms with Gasteiger partial charge in [-0.3, -0.25) is 14.4 Å². The smallest absolute Gasteiger partial charge is 0.306 e. The summed E-state index contributed by atoms with van der Waals surface area (Å²) in [5.74, 6) is -0.511. The highest BCUT2D eigenvalue weighted by Crippen LogP contribution is 2.13. The summed E-state index contributed by atoms with van der Waals surface area (Å²) >= 11 is 0. The highest BCUT2D eigenvalue weighted by atomic mass is 16.5. The van der Waals surface area contributed by atoms with Crippen LogP contribution in [0.5, 0.6) is 0 Å². The molecule has 120 valence electrons. The Morgan fingerprint density at radius 3 is 2.09 bits per heavy atom. The molecule has 0 radical (unpaired) electrons. The quantitative estimate of drug-likeness (QED) is 0.758. The summed E-state index contributed by atoms with van der Waals surface area (Å²) in [6.07, 6.45) is 1.06. The van der Waals surface area contributed by atoms with Gasteiger partial charge < -0.3 is 15.4 Å². The van der Waals surface area contributed by atoms with Crippen LogP contribution in [-0.4, -0.2) is 24.4 Å². The van der Waals surface area contributed by atoms with Crippen molar-refractivity contribution in [1.82, 2.24) is 0 Å². The molecule has 0 aliphatic carbocycles. The molecule has 1 rings (SSSR count). The van der Waals surface area contributed by atoms with Gasteiger partial charge in [0.15, 0.2) is 6.61 Å². The van der Waals surface area contributed by atoms with Gasteiger partial charge in [0.05, 0.1) is 0 Å². The first-order chi connectivity index (χ1) is 10.4. The number of ether oxygens (including phenoxy) is 1. The molecule has 0 aliphatic rings. The van der Waals surface area contributed by atoms with Crippen molar-refractivity contribution in [3.63, 3.8) is 0 Å². The molecule has 0 spiro atoms. The van der Waals surface area contributed by atoms with Crippen LogP contribution >= 0.6 is 0 Å². The number of benzene rings is 1. The minimum atomic E-state index is -0.398. The van der Waals surface area contributed by atoms with E-state index in [0.717, 1.165) is 6.42 Å². The number of hydrogen-bond donors (Lipinski definition) is 2. The number of amides is 2. The van der Waals surface area contributed by atoms with Gasteiger partial charge in [-0.2, -0.15) is 0 Å². The molecular formula is C16H22N2O4. The number of anilines is 2. The standard InChI is InChI=1S/C16H22N2O4/c1-11(2)4-9-16(21)22-10-15(20)18-14-7-5-13(6-8-14)17-12(3)19/h5-8,11H,4,9-10H2,1-3H3,(H,17,19)(H,18,20). The monoisotopic (exact) mass is 306 g/mol. The van der Waals surface area contributed by atoms with Crippen molar-refractivity contribution >= 4 is 29.2 Å². The molecule has 0 unspecified atom stereocenters. The lowest BCUT2D eigenvalue weighted by Crippen LogP contribution is -2.21. The molecule has 22 heavy (non-hydrogen) atoms. The van der Waals surface area contributed by atoms with Gasteiger partial charge in [-0.25, -0.2) is 0 Å². The molecule has 0 saturated heterocycles. The van der Waals surface area contributed by atoms with E-state index >= 15 is 0 Å². The highest BCUT2D eigenvalue weighted by Gasteiger charge is 2.08. The average Bonchev–Trinajstić information content (AvgIpc) is 2.44. The van der Waals surface area contributed by atoms with E-state index in [1.54, 1.807) is 24.3 Å². The van der Waals surface area contributed by atoms with Crippen molar-refractivity contribution in [3.8, 4) is 0 Å². The van der Waals surface area contributed by atoms with Crippen molar-refractivity contribution in [1.29, 1.82) is 0 Å². The fraction of sp³-hybridized carbons (Fsp3) is 0.438. The van der Waals surface area contributed by atoms with E-state index in [1.807, 2.05) is 13.8 Å². The minimum absolute atomic E-state index is 0.162. The second-order valence-corrected chi connectivity index (χ2v) is 5.40. The van der Waals surface area contributed by atoms with Gasteiger partial charge in [0.1, 0.15) is 0 Å². The van der Waals surface area contributed by atoms with Gasteiger partial charge in [0.2, 0.25) is 5.91 Å². The Bertz CT molecular complexity index is 523. The molecule has 0 aromatic heterocycles. The second-order valence-electron chi connectivity index (χ2n) is 5.40. The maximum absolute atomic E-state index is 11.7. The summed E-state index contributed by atoms with van der Waals surface area (Å²) < 4.78 is 4.89. The van der Waals surface area contributed by atoms with E-state index in [0.29, 0.717) is 23.7 Å². The third-order valence-electron chi connectivity index (χ3n) is 2.78. The van der Waals surface area contributed by atoms with E-state index in [2.05, 4.69) is 10.6 Å². The minimum Gasteiger partial charge on any atom is -0.456 e. The number of carbonyl (C=O) groups excluding carboxylic acids is 3. The van der Waals surface area contributed by atoms with Gasteiger partial charge in [-0.05, 0) is 36.6 Å². The summed E-state index contributed by atoms with van der Waals surface area (Å²) in [7, 11) is 0. The Kier molecular flexibility index (Phi) is 7.08. The molecule has 1 aromatic rings. The molecule has 6 nitrogen and oxygen atoms in total. The lowest BCUT2D eigenvalue weighted by Gasteiger charge is -2.08. The Hall–Kier alpha value is -2.37. The Labute approximate surface area is 130 Å². The third-order valence-corrected chi connectivity index (χ3v) is 2.78. The van der Waals surface area contributed by atoms with Crippen LogP contribution in [0.2, 0.25) is 0 Å². The molecule has 0 bridgehead atoms. The number of carbonyl (C=O) groups is 3. The Balaban J connectivity index is 2.35. The maximum Gasteiger partial charge on any atom is 0.306 e. The van der Waals surface area contributed by atoms with Crippen LogP contribution < -0.4 is 10.6 Å². The molecule has 0 fully saturated rings. The van der Waals surface area contributed by atoms with Gasteiger partial charge in [0, 0.05) is 24.7 Å². The molecule has 2 amide bonds. The van der Waals surface area contributed by atoms with Crippen LogP contribution in [0.1, 0.15) is 33.6 Å². The fourth-order valence-corrected chi connectivity index (χ4v) is 1.66. The van der Waals surface area contributed by atoms with Crippen LogP contribution in [0.25, 0.3) is 0 Å². The average molecular weight is 306 g/mol. The van der Waals surface area contributed by atoms with Crippen LogP contribution in [0.3, 0.4) is 0 Å². The molecular weight excluding hydrogens is 284 g/mol. The third kappa shape index (κ3) is 7.42. The fourth-order valence-electron chi connectivity index (χ4n) is 1.66. The van der Waals surface area contributed by atoms with Crippen molar-refractivity contribution in [3.05, 3.63) is 24.3 Å². The molecule has 0 saturated carbocycles. The van der Waals surface area contributed by atoms with Crippen molar-refractivity contribution in [2.45, 2.75) is 33.6 Å². The number of rotatable bonds is 7. The van der Waals surface area contributed by atoms with E-state index in [1.165, 1.54) is 6.92 Å². The first-order valence-electron chi connectivity index (χ1n) is 7.20. The predicted octanol–water partition coefficient (Wildman–Crippen LogP) is 2.56. The second kappa shape index (κ2) is 8.81. The zero-order chi connectivity index (χ0) is 16.5. The summed E-state index contributed by atoms with van der Waals surface area (Å²) in [4.78, 5) is 34.0. The molecule has 2 N–H and O–H groups in total. The van der Waals surface area contributed by atoms with Gasteiger partial charge in [0.25, 0.3) is 5.91 Å². The van der Waals surface area contributed by atoms with Crippen LogP contribution in [0.15, 0.2) is 24.3 Å². The van der Waals surface area contributed by atoms with E-state index < -0.39 is 5.91 Å². The van der Waals surface area contributed by atoms with Crippen LogP contribution in [-0.2, 0) is 19.1 Å². The van der Waals surface area contributed by atoms with Crippen molar-refractivity contribution in [2.75, 3.05) is 17.2 Å². The number of esters is 1. The van der Waals surface area contributed by atoms with Crippen molar-refractivity contribution in [2.24, 2.45) is 5.92 Å². The van der Waals surface area contributed by atoms with Gasteiger partial charge in [-0.1, -0.05) is 13.8 Å². The van der Waals surface area contributed by atoms with E-state index in [9.17, 15) is 14.4 Å². The van der Waals surface area contributed by atoms with Crippen LogP contribution in [0.4, 0.5) is 11.4 Å². The normalized spacial score (nSPS) is 10.2. The Morgan fingerprint density at radius 2 is 1.59 bits per heavy atom. The summed E-state index contributed by atoms with van der Waals surface area (Å²) in [6, 6.07) is 6.66. The van der Waals surface area contributed by atoms with Crippen molar-refractivity contribution < 1.29 is 19.1 Å². The van der Waals surface area contributed by atoms with Gasteiger partial charge >= 0.3 is 5.97 Å². The molecule has 1 aromatic carbocycles. The first kappa shape index (κ1) is 17.7. The summed E-state index contributed by atoms with van der Waals surface area (Å²) in [6.45, 7) is 5.16. The lowest BCUT2D eigenvalue weighted by atomic mass is 10.1. The molecule has 6 heteroatoms. The largest absolute Gasteiger partial charge is 0.456 e. The molecule has 0 aliphatic heterocycles. The number of hydrogen-bond acceptors (Lipinski definition) is 4. The topological polar surface area (TPSA) is 84.5 Å². The Morgan fingerprint density at radius 1 is 1.05 bits per heavy atom. The van der Waals surface area contributed by atoms with Crippen LogP contribution in [0, 0.1) is 5.92 Å². The zero-order valence-corrected chi connectivity index (χ0v) is 13.1. The zero-order valence-electron chi connectivity index (χ0n) is 13.1. The maximum atomic E-state index is 11.7. The molecule has 0 heterocycles. The molecule has 0 atom stereocenters. The SMILES string of the molecule is CC(=O)Nc1ccc(NC(=O)COC(=O)CCC(C)C)cc1. The van der Waals surface area contributed by atoms with E-state index in [4.69, 9.17) is 4.74 Å². The highest BCUT2D eigenvalue weighted by molar-refractivity contribution is 5.93. The summed E-state index contributed by atoms with van der Waals surface area (Å²) in [5.41, 5.74) is 1.21. The number of nitrogens with one attached hydrogen (secondary N) is 2. The summed E-state index contributed by atoms with van der Waals surface area (Å²) in [5, 5.41) is 5.24. The predicted molar refractivity (Wildman–Crippen MR) is 84.4 cm³/mol. The first-order valence-corrected chi connectivity index (χ1v) is 7.20. The lowest BCUT2D eigenvalue weighted by molar-refractivity contribution is -0.147. The van der Waals surface area contributed by atoms with E-state index in [-0.39, 0.29) is 18.5 Å².